The SMILES string of the molecule is Cc1cc(C)n(C(=O)C[C@H](C)n2nc(C)c(Br)c2C)n1. The van der Waals surface area contributed by atoms with Crippen LogP contribution in [0.3, 0.4) is 0 Å². The summed E-state index contributed by atoms with van der Waals surface area (Å²) in [6.45, 7) is 9.72. The first-order valence-electron chi connectivity index (χ1n) is 6.59. The minimum Gasteiger partial charge on any atom is -0.272 e. The topological polar surface area (TPSA) is 52.7 Å². The van der Waals surface area contributed by atoms with Crippen LogP contribution in [0.5, 0.6) is 0 Å². The summed E-state index contributed by atoms with van der Waals surface area (Å²) in [5, 5.41) is 8.70. The molecule has 0 radical (unpaired) electrons. The third kappa shape index (κ3) is 2.70. The lowest BCUT2D eigenvalue weighted by atomic mass is 10.2. The fourth-order valence-electron chi connectivity index (χ4n) is 2.38. The smallest absolute Gasteiger partial charge is 0.249 e. The predicted molar refractivity (Wildman–Crippen MR) is 81.1 cm³/mol. The minimum absolute atomic E-state index is 0.00333. The average Bonchev–Trinajstić information content (AvgIpc) is 2.83. The van der Waals surface area contributed by atoms with Crippen LogP contribution in [-0.4, -0.2) is 25.5 Å². The molecule has 0 aliphatic rings. The molecular weight excluding hydrogens is 320 g/mol. The second kappa shape index (κ2) is 5.52. The van der Waals surface area contributed by atoms with Crippen LogP contribution in [0.1, 0.15) is 47.0 Å². The molecule has 0 unspecified atom stereocenters. The minimum atomic E-state index is -0.00762. The molecule has 20 heavy (non-hydrogen) atoms. The Morgan fingerprint density at radius 1 is 1.30 bits per heavy atom. The van der Waals surface area contributed by atoms with E-state index in [1.807, 2.05) is 45.4 Å². The van der Waals surface area contributed by atoms with E-state index in [9.17, 15) is 4.79 Å². The number of aryl methyl sites for hydroxylation is 3. The highest BCUT2D eigenvalue weighted by atomic mass is 79.9. The number of nitrogens with zero attached hydrogens (tertiary/aromatic N) is 4. The summed E-state index contributed by atoms with van der Waals surface area (Å²) in [6, 6.07) is 1.90. The summed E-state index contributed by atoms with van der Waals surface area (Å²) >= 11 is 3.51. The van der Waals surface area contributed by atoms with Gasteiger partial charge in [0.25, 0.3) is 0 Å². The van der Waals surface area contributed by atoms with Gasteiger partial charge in [0, 0.05) is 5.69 Å². The molecule has 0 bridgehead atoms. The van der Waals surface area contributed by atoms with Crippen LogP contribution in [-0.2, 0) is 0 Å². The van der Waals surface area contributed by atoms with Crippen LogP contribution in [0.15, 0.2) is 10.5 Å². The zero-order valence-corrected chi connectivity index (χ0v) is 14.0. The molecule has 0 fully saturated rings. The number of carbonyl (C=O) groups is 1. The molecular formula is C14H19BrN4O. The highest BCUT2D eigenvalue weighted by molar-refractivity contribution is 9.10. The van der Waals surface area contributed by atoms with Gasteiger partial charge in [0.1, 0.15) is 0 Å². The number of hydrogen-bond acceptors (Lipinski definition) is 3. The molecule has 0 aromatic carbocycles. The highest BCUT2D eigenvalue weighted by Crippen LogP contribution is 2.24. The van der Waals surface area contributed by atoms with Gasteiger partial charge in [-0.1, -0.05) is 0 Å². The highest BCUT2D eigenvalue weighted by Gasteiger charge is 2.19. The third-order valence-corrected chi connectivity index (χ3v) is 4.52. The van der Waals surface area contributed by atoms with Crippen molar-refractivity contribution in [3.8, 4) is 0 Å². The monoisotopic (exact) mass is 338 g/mol. The largest absolute Gasteiger partial charge is 0.272 e. The van der Waals surface area contributed by atoms with Crippen LogP contribution in [0.2, 0.25) is 0 Å². The zero-order chi connectivity index (χ0) is 15.0. The zero-order valence-electron chi connectivity index (χ0n) is 12.4. The average molecular weight is 339 g/mol. The Morgan fingerprint density at radius 3 is 2.40 bits per heavy atom. The van der Waals surface area contributed by atoms with E-state index < -0.39 is 0 Å². The molecule has 108 valence electrons. The summed E-state index contributed by atoms with van der Waals surface area (Å²) in [6.07, 6.45) is 0.371. The van der Waals surface area contributed by atoms with E-state index in [4.69, 9.17) is 0 Å². The standard InChI is InChI=1S/C14H19BrN4O/c1-8-6-9(2)19(16-8)13(20)7-10(3)18-12(5)14(15)11(4)17-18/h6,10H,7H2,1-5H3/t10-/m0/s1. The van der Waals surface area contributed by atoms with Crippen LogP contribution in [0.25, 0.3) is 0 Å². The molecule has 2 rings (SSSR count). The lowest BCUT2D eigenvalue weighted by Gasteiger charge is -2.14. The Labute approximate surface area is 127 Å². The number of carbonyl (C=O) groups excluding carboxylic acids is 1. The van der Waals surface area contributed by atoms with E-state index in [0.29, 0.717) is 6.42 Å². The molecule has 2 aromatic rings. The first-order valence-corrected chi connectivity index (χ1v) is 7.38. The van der Waals surface area contributed by atoms with Crippen molar-refractivity contribution in [2.75, 3.05) is 0 Å². The normalized spacial score (nSPS) is 12.7. The summed E-state index contributed by atoms with van der Waals surface area (Å²) in [4.78, 5) is 12.3. The Kier molecular flexibility index (Phi) is 4.13. The molecule has 0 aliphatic carbocycles. The van der Waals surface area contributed by atoms with Gasteiger partial charge in [-0.3, -0.25) is 9.48 Å². The van der Waals surface area contributed by atoms with Crippen molar-refractivity contribution in [1.29, 1.82) is 0 Å². The summed E-state index contributed by atoms with van der Waals surface area (Å²) in [5.41, 5.74) is 3.70. The van der Waals surface area contributed by atoms with E-state index >= 15 is 0 Å². The van der Waals surface area contributed by atoms with Crippen molar-refractivity contribution in [2.24, 2.45) is 0 Å². The quantitative estimate of drug-likeness (QED) is 0.862. The maximum Gasteiger partial charge on any atom is 0.249 e. The fourth-order valence-corrected chi connectivity index (χ4v) is 2.64. The van der Waals surface area contributed by atoms with Crippen LogP contribution in [0, 0.1) is 27.7 Å². The van der Waals surface area contributed by atoms with Gasteiger partial charge in [-0.05, 0) is 56.6 Å². The van der Waals surface area contributed by atoms with E-state index in [2.05, 4.69) is 26.1 Å². The maximum absolute atomic E-state index is 12.3. The Hall–Kier alpha value is -1.43. The summed E-state index contributed by atoms with van der Waals surface area (Å²) < 4.78 is 4.37. The second-order valence-corrected chi connectivity index (χ2v) is 6.01. The van der Waals surface area contributed by atoms with E-state index in [-0.39, 0.29) is 11.9 Å². The lowest BCUT2D eigenvalue weighted by Crippen LogP contribution is -2.20. The van der Waals surface area contributed by atoms with Gasteiger partial charge in [-0.2, -0.15) is 10.2 Å². The lowest BCUT2D eigenvalue weighted by molar-refractivity contribution is 0.0863. The number of halogens is 1. The van der Waals surface area contributed by atoms with Crippen LogP contribution in [0.4, 0.5) is 0 Å². The molecule has 1 atom stereocenters. The van der Waals surface area contributed by atoms with E-state index in [0.717, 1.165) is 27.2 Å². The molecule has 0 aliphatic heterocycles. The molecule has 6 heteroatoms. The van der Waals surface area contributed by atoms with Gasteiger partial charge in [0.05, 0.1) is 34.0 Å². The van der Waals surface area contributed by atoms with Crippen molar-refractivity contribution in [2.45, 2.75) is 47.1 Å². The Balaban J connectivity index is 2.19. The molecule has 0 spiro atoms. The summed E-state index contributed by atoms with van der Waals surface area (Å²) in [5.74, 6) is -0.00762. The summed E-state index contributed by atoms with van der Waals surface area (Å²) in [7, 11) is 0. The van der Waals surface area contributed by atoms with Crippen molar-refractivity contribution in [3.63, 3.8) is 0 Å². The molecule has 0 saturated heterocycles. The van der Waals surface area contributed by atoms with Crippen molar-refractivity contribution >= 4 is 21.8 Å². The van der Waals surface area contributed by atoms with Gasteiger partial charge >= 0.3 is 0 Å². The second-order valence-electron chi connectivity index (χ2n) is 5.22. The van der Waals surface area contributed by atoms with Gasteiger partial charge in [0.15, 0.2) is 0 Å². The first kappa shape index (κ1) is 15.0. The molecule has 0 amide bonds. The predicted octanol–water partition coefficient (Wildman–Crippen LogP) is 3.37. The van der Waals surface area contributed by atoms with Crippen molar-refractivity contribution in [1.82, 2.24) is 19.6 Å². The number of rotatable bonds is 3. The van der Waals surface area contributed by atoms with Crippen molar-refractivity contribution in [3.05, 3.63) is 33.3 Å². The van der Waals surface area contributed by atoms with Gasteiger partial charge in [0.2, 0.25) is 5.91 Å². The van der Waals surface area contributed by atoms with Crippen molar-refractivity contribution < 1.29 is 4.79 Å². The van der Waals surface area contributed by atoms with E-state index in [1.165, 1.54) is 4.68 Å². The third-order valence-electron chi connectivity index (χ3n) is 3.37. The van der Waals surface area contributed by atoms with E-state index in [1.54, 1.807) is 0 Å². The maximum atomic E-state index is 12.3. The molecule has 2 aromatic heterocycles. The fraction of sp³-hybridized carbons (Fsp3) is 0.500. The number of hydrogen-bond donors (Lipinski definition) is 0. The molecule has 2 heterocycles. The number of aromatic nitrogens is 4. The Morgan fingerprint density at radius 2 is 1.95 bits per heavy atom. The van der Waals surface area contributed by atoms with Gasteiger partial charge in [-0.25, -0.2) is 4.68 Å². The van der Waals surface area contributed by atoms with Gasteiger partial charge < -0.3 is 0 Å². The Bertz CT molecular complexity index is 656. The molecule has 0 N–H and O–H groups in total. The molecule has 5 nitrogen and oxygen atoms in total. The molecule has 0 saturated carbocycles. The van der Waals surface area contributed by atoms with Crippen LogP contribution >= 0.6 is 15.9 Å². The van der Waals surface area contributed by atoms with Crippen LogP contribution < -0.4 is 0 Å². The first-order chi connectivity index (χ1) is 9.31. The van der Waals surface area contributed by atoms with Gasteiger partial charge in [-0.15, -0.1) is 0 Å².